The summed E-state index contributed by atoms with van der Waals surface area (Å²) >= 11 is 0. The van der Waals surface area contributed by atoms with Gasteiger partial charge in [0.1, 0.15) is 11.7 Å². The second-order valence-electron chi connectivity index (χ2n) is 17.1. The molecule has 0 bridgehead atoms. The SMILES string of the molecule is CCCCCCCCCCCCCCCCOCC(O)CNC(=O)C(CCCCCCCCCCCCCC)OC(c1ccccc1)(c1ccccc1)c1ccccc1. The molecule has 0 radical (unpaired) electrons. The summed E-state index contributed by atoms with van der Waals surface area (Å²) in [5, 5.41) is 13.9. The number of hydrogen-bond donors (Lipinski definition) is 2. The number of benzene rings is 3. The summed E-state index contributed by atoms with van der Waals surface area (Å²) < 4.78 is 13.1. The van der Waals surface area contributed by atoms with Gasteiger partial charge in [-0.3, -0.25) is 4.79 Å². The van der Waals surface area contributed by atoms with Gasteiger partial charge in [0, 0.05) is 13.2 Å². The van der Waals surface area contributed by atoms with E-state index in [2.05, 4.69) is 55.6 Å². The lowest BCUT2D eigenvalue weighted by molar-refractivity contribution is -0.142. The monoisotopic (exact) mass is 812 g/mol. The molecule has 0 spiro atoms. The van der Waals surface area contributed by atoms with Gasteiger partial charge >= 0.3 is 0 Å². The van der Waals surface area contributed by atoms with Gasteiger partial charge in [-0.2, -0.15) is 0 Å². The number of hydrogen-bond acceptors (Lipinski definition) is 4. The largest absolute Gasteiger partial charge is 0.389 e. The van der Waals surface area contributed by atoms with E-state index in [1.807, 2.05) is 54.6 Å². The Morgan fingerprint density at radius 3 is 1.22 bits per heavy atom. The van der Waals surface area contributed by atoms with E-state index in [4.69, 9.17) is 9.47 Å². The molecule has 2 unspecified atom stereocenters. The van der Waals surface area contributed by atoms with Crippen molar-refractivity contribution in [3.63, 3.8) is 0 Å². The third-order valence-electron chi connectivity index (χ3n) is 11.9. The summed E-state index contributed by atoms with van der Waals surface area (Å²) in [6.07, 6.45) is 32.7. The Morgan fingerprint density at radius 1 is 0.508 bits per heavy atom. The minimum atomic E-state index is -1.00. The van der Waals surface area contributed by atoms with Crippen LogP contribution in [0.2, 0.25) is 0 Å². The molecule has 2 atom stereocenters. The zero-order chi connectivity index (χ0) is 41.9. The second-order valence-corrected chi connectivity index (χ2v) is 17.1. The first-order valence-corrected chi connectivity index (χ1v) is 24.5. The van der Waals surface area contributed by atoms with Crippen molar-refractivity contribution in [2.24, 2.45) is 0 Å². The zero-order valence-corrected chi connectivity index (χ0v) is 37.7. The van der Waals surface area contributed by atoms with E-state index in [-0.39, 0.29) is 19.1 Å². The number of ether oxygens (including phenoxy) is 2. The molecule has 0 fully saturated rings. The molecule has 1 amide bonds. The molecule has 0 heterocycles. The fourth-order valence-corrected chi connectivity index (χ4v) is 8.36. The number of amides is 1. The Balaban J connectivity index is 1.51. The molecule has 5 nitrogen and oxygen atoms in total. The highest BCUT2D eigenvalue weighted by Gasteiger charge is 2.41. The average Bonchev–Trinajstić information content (AvgIpc) is 3.27. The van der Waals surface area contributed by atoms with Gasteiger partial charge in [0.25, 0.3) is 0 Å². The molecule has 3 aromatic rings. The minimum Gasteiger partial charge on any atom is -0.389 e. The summed E-state index contributed by atoms with van der Waals surface area (Å²) in [5.74, 6) is -0.189. The first-order valence-electron chi connectivity index (χ1n) is 24.5. The molecular weight excluding hydrogens is 727 g/mol. The van der Waals surface area contributed by atoms with E-state index in [1.165, 1.54) is 141 Å². The number of unbranched alkanes of at least 4 members (excludes halogenated alkanes) is 24. The molecule has 0 aliphatic carbocycles. The number of nitrogens with one attached hydrogen (secondary N) is 1. The first kappa shape index (κ1) is 50.4. The molecular formula is C54H85NO4. The van der Waals surface area contributed by atoms with Crippen LogP contribution in [0.15, 0.2) is 91.0 Å². The standard InChI is InChI=1S/C54H85NO4/c1-3-5-7-9-11-13-15-17-18-20-22-24-26-37-45-58-47-51(56)46-55-53(57)52(44-36-25-23-21-19-16-14-12-10-8-6-4-2)59-54(48-38-30-27-31-39-48,49-40-32-28-33-41-49)50-42-34-29-35-43-50/h27-35,38-43,51-52,56H,3-26,36-37,44-47H2,1-2H3,(H,55,57). The van der Waals surface area contributed by atoms with Crippen LogP contribution in [0.3, 0.4) is 0 Å². The number of carbonyl (C=O) groups excluding carboxylic acids is 1. The van der Waals surface area contributed by atoms with E-state index in [0.717, 1.165) is 42.4 Å². The fourth-order valence-electron chi connectivity index (χ4n) is 8.36. The van der Waals surface area contributed by atoms with Crippen LogP contribution in [0, 0.1) is 0 Å². The summed E-state index contributed by atoms with van der Waals surface area (Å²) in [6.45, 7) is 5.54. The van der Waals surface area contributed by atoms with Crippen molar-refractivity contribution in [3.8, 4) is 0 Å². The van der Waals surface area contributed by atoms with Crippen molar-refractivity contribution in [1.82, 2.24) is 5.32 Å². The van der Waals surface area contributed by atoms with E-state index in [1.54, 1.807) is 0 Å². The van der Waals surface area contributed by atoms with Crippen molar-refractivity contribution in [2.45, 2.75) is 205 Å². The lowest BCUT2D eigenvalue weighted by Crippen LogP contribution is -2.46. The number of rotatable bonds is 38. The van der Waals surface area contributed by atoms with Crippen LogP contribution in [0.5, 0.6) is 0 Å². The Kier molecular flexibility index (Phi) is 28.8. The van der Waals surface area contributed by atoms with Gasteiger partial charge in [-0.15, -0.1) is 0 Å². The summed E-state index contributed by atoms with van der Waals surface area (Å²) in [5.41, 5.74) is 1.92. The zero-order valence-electron chi connectivity index (χ0n) is 37.7. The van der Waals surface area contributed by atoms with Crippen LogP contribution in [-0.4, -0.2) is 43.0 Å². The number of carbonyl (C=O) groups is 1. The smallest absolute Gasteiger partial charge is 0.249 e. The Hall–Kier alpha value is -2.99. The van der Waals surface area contributed by atoms with E-state index in [0.29, 0.717) is 13.0 Å². The summed E-state index contributed by atoms with van der Waals surface area (Å²) in [6, 6.07) is 30.8. The molecule has 3 rings (SSSR count). The molecule has 0 aromatic heterocycles. The van der Waals surface area contributed by atoms with Crippen LogP contribution < -0.4 is 5.32 Å². The van der Waals surface area contributed by atoms with Crippen LogP contribution in [-0.2, 0) is 19.9 Å². The lowest BCUT2D eigenvalue weighted by atomic mass is 9.79. The molecule has 0 aliphatic heterocycles. The normalized spacial score (nSPS) is 12.7. The minimum absolute atomic E-state index is 0.130. The molecule has 330 valence electrons. The Labute approximate surface area is 361 Å². The first-order chi connectivity index (χ1) is 29.1. The maximum Gasteiger partial charge on any atom is 0.249 e. The summed E-state index contributed by atoms with van der Waals surface area (Å²) in [7, 11) is 0. The molecule has 5 heteroatoms. The lowest BCUT2D eigenvalue weighted by Gasteiger charge is -2.38. The van der Waals surface area contributed by atoms with Gasteiger partial charge in [-0.05, 0) is 29.5 Å². The van der Waals surface area contributed by atoms with Gasteiger partial charge < -0.3 is 19.9 Å². The highest BCUT2D eigenvalue weighted by atomic mass is 16.5. The van der Waals surface area contributed by atoms with Crippen LogP contribution in [0.4, 0.5) is 0 Å². The topological polar surface area (TPSA) is 67.8 Å². The van der Waals surface area contributed by atoms with Crippen molar-refractivity contribution in [3.05, 3.63) is 108 Å². The van der Waals surface area contributed by atoms with Crippen LogP contribution >= 0.6 is 0 Å². The van der Waals surface area contributed by atoms with Gasteiger partial charge in [-0.25, -0.2) is 0 Å². The third-order valence-corrected chi connectivity index (χ3v) is 11.9. The molecule has 2 N–H and O–H groups in total. The Bertz CT molecular complexity index is 1290. The maximum absolute atomic E-state index is 14.2. The predicted molar refractivity (Wildman–Crippen MR) is 250 cm³/mol. The van der Waals surface area contributed by atoms with E-state index < -0.39 is 17.8 Å². The average molecular weight is 812 g/mol. The van der Waals surface area contributed by atoms with Gasteiger partial charge in [-0.1, -0.05) is 265 Å². The molecule has 59 heavy (non-hydrogen) atoms. The second kappa shape index (κ2) is 33.7. The fraction of sp³-hybridized carbons (Fsp3) is 0.648. The quantitative estimate of drug-likeness (QED) is 0.0447. The predicted octanol–water partition coefficient (Wildman–Crippen LogP) is 14.4. The molecule has 0 saturated heterocycles. The van der Waals surface area contributed by atoms with Gasteiger partial charge in [0.2, 0.25) is 5.91 Å². The van der Waals surface area contributed by atoms with E-state index >= 15 is 0 Å². The summed E-state index contributed by atoms with van der Waals surface area (Å²) in [4.78, 5) is 14.2. The number of aliphatic hydroxyl groups excluding tert-OH is 1. The third kappa shape index (κ3) is 21.4. The number of aliphatic hydroxyl groups is 1. The maximum atomic E-state index is 14.2. The Morgan fingerprint density at radius 2 is 0.847 bits per heavy atom. The highest BCUT2D eigenvalue weighted by molar-refractivity contribution is 5.81. The van der Waals surface area contributed by atoms with E-state index in [9.17, 15) is 9.90 Å². The van der Waals surface area contributed by atoms with Crippen molar-refractivity contribution in [1.29, 1.82) is 0 Å². The molecule has 0 saturated carbocycles. The highest BCUT2D eigenvalue weighted by Crippen LogP contribution is 2.42. The molecule has 3 aromatic carbocycles. The van der Waals surface area contributed by atoms with Gasteiger partial charge in [0.05, 0.1) is 12.7 Å². The van der Waals surface area contributed by atoms with Crippen molar-refractivity contribution < 1.29 is 19.4 Å². The molecule has 0 aliphatic rings. The van der Waals surface area contributed by atoms with Crippen molar-refractivity contribution >= 4 is 5.91 Å². The van der Waals surface area contributed by atoms with Gasteiger partial charge in [0.15, 0.2) is 0 Å². The van der Waals surface area contributed by atoms with Crippen LogP contribution in [0.1, 0.15) is 204 Å². The van der Waals surface area contributed by atoms with Crippen LogP contribution in [0.25, 0.3) is 0 Å². The van der Waals surface area contributed by atoms with Crippen molar-refractivity contribution in [2.75, 3.05) is 19.8 Å².